The Bertz CT molecular complexity index is 483. The second kappa shape index (κ2) is 8.36. The molecule has 20 heavy (non-hydrogen) atoms. The van der Waals surface area contributed by atoms with Crippen molar-refractivity contribution in [1.29, 1.82) is 0 Å². The van der Waals surface area contributed by atoms with Gasteiger partial charge in [-0.2, -0.15) is 0 Å². The fourth-order valence-corrected chi connectivity index (χ4v) is 1.62. The average molecular weight is 275 g/mol. The smallest absolute Gasteiger partial charge is 0.253 e. The van der Waals surface area contributed by atoms with Crippen LogP contribution in [0.25, 0.3) is 0 Å². The Morgan fingerprint density at radius 3 is 2.55 bits per heavy atom. The van der Waals surface area contributed by atoms with Gasteiger partial charge in [-0.15, -0.1) is 0 Å². The van der Waals surface area contributed by atoms with E-state index in [4.69, 9.17) is 5.11 Å². The number of aliphatic hydroxyl groups is 2. The minimum absolute atomic E-state index is 0.0532. The van der Waals surface area contributed by atoms with E-state index in [9.17, 15) is 9.90 Å². The van der Waals surface area contributed by atoms with Crippen LogP contribution in [0.2, 0.25) is 0 Å². The summed E-state index contributed by atoms with van der Waals surface area (Å²) in [6.45, 7) is 2.28. The van der Waals surface area contributed by atoms with E-state index in [1.165, 1.54) is 0 Å². The number of carbonyl (C=O) groups excluding carboxylic acids is 1. The normalized spacial score (nSPS) is 11.4. The van der Waals surface area contributed by atoms with Crippen molar-refractivity contribution in [2.45, 2.75) is 25.9 Å². The summed E-state index contributed by atoms with van der Waals surface area (Å²) in [4.78, 5) is 13.7. The largest absolute Gasteiger partial charge is 0.395 e. The van der Waals surface area contributed by atoms with Gasteiger partial charge in [0.1, 0.15) is 0 Å². The molecule has 0 saturated heterocycles. The van der Waals surface area contributed by atoms with Crippen LogP contribution in [0.3, 0.4) is 0 Å². The molecule has 0 fully saturated rings. The number of rotatable bonds is 5. The van der Waals surface area contributed by atoms with Gasteiger partial charge in [0.25, 0.3) is 5.91 Å². The molecule has 0 aliphatic carbocycles. The van der Waals surface area contributed by atoms with Gasteiger partial charge in [-0.1, -0.05) is 11.8 Å². The van der Waals surface area contributed by atoms with Crippen LogP contribution in [-0.2, 0) is 0 Å². The minimum Gasteiger partial charge on any atom is -0.395 e. The lowest BCUT2D eigenvalue weighted by Crippen LogP contribution is -2.29. The topological polar surface area (TPSA) is 60.8 Å². The van der Waals surface area contributed by atoms with Crippen molar-refractivity contribution in [2.75, 3.05) is 20.2 Å². The quantitative estimate of drug-likeness (QED) is 0.795. The molecule has 1 aromatic carbocycles. The van der Waals surface area contributed by atoms with E-state index in [1.54, 1.807) is 43.1 Å². The lowest BCUT2D eigenvalue weighted by atomic mass is 10.1. The fourth-order valence-electron chi connectivity index (χ4n) is 1.62. The summed E-state index contributed by atoms with van der Waals surface area (Å²) in [6, 6.07) is 7.06. The van der Waals surface area contributed by atoms with Gasteiger partial charge < -0.3 is 15.1 Å². The summed E-state index contributed by atoms with van der Waals surface area (Å²) in [5.41, 5.74) is 1.42. The molecule has 0 heterocycles. The van der Waals surface area contributed by atoms with Crippen molar-refractivity contribution < 1.29 is 15.0 Å². The molecule has 1 atom stereocenters. The molecule has 0 aliphatic rings. The summed E-state index contributed by atoms with van der Waals surface area (Å²) in [5.74, 6) is 5.68. The molecule has 4 nitrogen and oxygen atoms in total. The van der Waals surface area contributed by atoms with Gasteiger partial charge in [0.05, 0.1) is 12.7 Å². The number of aliphatic hydroxyl groups excluding tert-OH is 2. The van der Waals surface area contributed by atoms with E-state index in [2.05, 4.69) is 11.8 Å². The highest BCUT2D eigenvalue weighted by atomic mass is 16.3. The fraction of sp³-hybridized carbons (Fsp3) is 0.438. The number of benzene rings is 1. The van der Waals surface area contributed by atoms with Gasteiger partial charge >= 0.3 is 0 Å². The number of hydrogen-bond donors (Lipinski definition) is 2. The average Bonchev–Trinajstić information content (AvgIpc) is 2.45. The van der Waals surface area contributed by atoms with E-state index in [-0.39, 0.29) is 12.5 Å². The number of amides is 1. The van der Waals surface area contributed by atoms with Crippen LogP contribution >= 0.6 is 0 Å². The van der Waals surface area contributed by atoms with Gasteiger partial charge in [-0.25, -0.2) is 0 Å². The van der Waals surface area contributed by atoms with E-state index < -0.39 is 6.10 Å². The minimum atomic E-state index is -0.408. The predicted octanol–water partition coefficient (Wildman–Crippen LogP) is 1.26. The molecule has 2 N–H and O–H groups in total. The van der Waals surface area contributed by atoms with E-state index >= 15 is 0 Å². The van der Waals surface area contributed by atoms with Crippen LogP contribution in [0, 0.1) is 11.8 Å². The molecular formula is C16H21NO3. The molecule has 0 spiro atoms. The van der Waals surface area contributed by atoms with Gasteiger partial charge in [-0.05, 0) is 37.6 Å². The van der Waals surface area contributed by atoms with Crippen molar-refractivity contribution in [2.24, 2.45) is 0 Å². The van der Waals surface area contributed by atoms with Gasteiger partial charge in [-0.3, -0.25) is 4.79 Å². The standard InChI is InChI=1S/C16H21NO3/c1-13(19)10-11-17(2)16(20)15-8-6-14(7-9-15)5-3-4-12-18/h6-9,13,18-19H,4,10-12H2,1-2H3. The zero-order chi connectivity index (χ0) is 15.0. The predicted molar refractivity (Wildman–Crippen MR) is 78.3 cm³/mol. The summed E-state index contributed by atoms with van der Waals surface area (Å²) in [5, 5.41) is 17.9. The molecule has 4 heteroatoms. The molecule has 0 radical (unpaired) electrons. The highest BCUT2D eigenvalue weighted by Gasteiger charge is 2.11. The summed E-state index contributed by atoms with van der Waals surface area (Å²) < 4.78 is 0. The molecule has 0 saturated carbocycles. The molecule has 1 rings (SSSR count). The van der Waals surface area contributed by atoms with E-state index in [0.29, 0.717) is 24.9 Å². The highest BCUT2D eigenvalue weighted by molar-refractivity contribution is 5.94. The Hall–Kier alpha value is -1.83. The highest BCUT2D eigenvalue weighted by Crippen LogP contribution is 2.07. The first-order chi connectivity index (χ1) is 9.54. The van der Waals surface area contributed by atoms with Crippen LogP contribution in [0.5, 0.6) is 0 Å². The maximum atomic E-state index is 12.1. The molecule has 0 aliphatic heterocycles. The lowest BCUT2D eigenvalue weighted by Gasteiger charge is -2.18. The summed E-state index contributed by atoms with van der Waals surface area (Å²) >= 11 is 0. The third-order valence-electron chi connectivity index (χ3n) is 2.83. The molecule has 0 aromatic heterocycles. The molecular weight excluding hydrogens is 254 g/mol. The van der Waals surface area contributed by atoms with Crippen LogP contribution in [0.4, 0.5) is 0 Å². The van der Waals surface area contributed by atoms with E-state index in [0.717, 1.165) is 5.56 Å². The number of carbonyl (C=O) groups is 1. The van der Waals surface area contributed by atoms with E-state index in [1.807, 2.05) is 0 Å². The Labute approximate surface area is 120 Å². The molecule has 1 unspecified atom stereocenters. The Kier molecular flexibility index (Phi) is 6.78. The summed E-state index contributed by atoms with van der Waals surface area (Å²) in [7, 11) is 1.72. The second-order valence-electron chi connectivity index (χ2n) is 4.72. The van der Waals surface area contributed by atoms with Crippen molar-refractivity contribution in [3.63, 3.8) is 0 Å². The first kappa shape index (κ1) is 16.2. The van der Waals surface area contributed by atoms with Gasteiger partial charge in [0, 0.05) is 31.1 Å². The van der Waals surface area contributed by atoms with Crippen molar-refractivity contribution >= 4 is 5.91 Å². The molecule has 1 aromatic rings. The second-order valence-corrected chi connectivity index (χ2v) is 4.72. The Morgan fingerprint density at radius 1 is 1.35 bits per heavy atom. The van der Waals surface area contributed by atoms with Crippen molar-refractivity contribution in [3.8, 4) is 11.8 Å². The van der Waals surface area contributed by atoms with Crippen molar-refractivity contribution in [3.05, 3.63) is 35.4 Å². The third-order valence-corrected chi connectivity index (χ3v) is 2.83. The maximum absolute atomic E-state index is 12.1. The number of hydrogen-bond acceptors (Lipinski definition) is 3. The lowest BCUT2D eigenvalue weighted by molar-refractivity contribution is 0.0769. The zero-order valence-electron chi connectivity index (χ0n) is 12.0. The van der Waals surface area contributed by atoms with Gasteiger partial charge in [0.15, 0.2) is 0 Å². The van der Waals surface area contributed by atoms with Crippen LogP contribution in [0.1, 0.15) is 35.7 Å². The van der Waals surface area contributed by atoms with Crippen LogP contribution in [0.15, 0.2) is 24.3 Å². The zero-order valence-corrected chi connectivity index (χ0v) is 12.0. The van der Waals surface area contributed by atoms with Crippen LogP contribution in [-0.4, -0.2) is 47.3 Å². The SMILES string of the molecule is CC(O)CCN(C)C(=O)c1ccc(C#CCCO)cc1. The third kappa shape index (κ3) is 5.43. The van der Waals surface area contributed by atoms with Gasteiger partial charge in [0.2, 0.25) is 0 Å². The number of nitrogens with zero attached hydrogens (tertiary/aromatic N) is 1. The molecule has 108 valence electrons. The monoisotopic (exact) mass is 275 g/mol. The Balaban J connectivity index is 2.64. The van der Waals surface area contributed by atoms with Crippen molar-refractivity contribution in [1.82, 2.24) is 4.90 Å². The first-order valence-corrected chi connectivity index (χ1v) is 6.68. The van der Waals surface area contributed by atoms with Crippen LogP contribution < -0.4 is 0 Å². The maximum Gasteiger partial charge on any atom is 0.253 e. The Morgan fingerprint density at radius 2 is 2.00 bits per heavy atom. The molecule has 1 amide bonds. The first-order valence-electron chi connectivity index (χ1n) is 6.68. The summed E-state index contributed by atoms with van der Waals surface area (Å²) in [6.07, 6.45) is 0.602. The molecule has 0 bridgehead atoms.